The molecule has 11 heteroatoms. The van der Waals surface area contributed by atoms with E-state index < -0.39 is 0 Å². The molecule has 1 N–H and O–H groups in total. The number of benzene rings is 1. The Morgan fingerprint density at radius 2 is 1.90 bits per heavy atom. The van der Waals surface area contributed by atoms with Crippen LogP contribution in [0.3, 0.4) is 0 Å². The second-order valence-corrected chi connectivity index (χ2v) is 9.68. The van der Waals surface area contributed by atoms with E-state index in [1.165, 1.54) is 22.7 Å². The van der Waals surface area contributed by atoms with Gasteiger partial charge in [-0.3, -0.25) is 19.8 Å². The Labute approximate surface area is 185 Å². The van der Waals surface area contributed by atoms with Gasteiger partial charge >= 0.3 is 0 Å². The number of hydrogen-bond donors (Lipinski definition) is 1. The number of carbonyl (C=O) groups excluding carboxylic acids is 2. The zero-order chi connectivity index (χ0) is 20.5. The largest absolute Gasteiger partial charge is 0.335 e. The molecule has 4 rings (SSSR count). The first kappa shape index (κ1) is 20.5. The summed E-state index contributed by atoms with van der Waals surface area (Å²) in [6.45, 7) is 4.39. The molecule has 152 valence electrons. The number of halogens is 2. The van der Waals surface area contributed by atoms with Crippen molar-refractivity contribution in [2.24, 2.45) is 0 Å². The van der Waals surface area contributed by atoms with Gasteiger partial charge in [0.1, 0.15) is 9.88 Å². The smallest absolute Gasteiger partial charge is 0.265 e. The molecule has 7 nitrogen and oxygen atoms in total. The van der Waals surface area contributed by atoms with Crippen molar-refractivity contribution in [2.45, 2.75) is 6.92 Å². The van der Waals surface area contributed by atoms with E-state index in [4.69, 9.17) is 23.2 Å². The lowest BCUT2D eigenvalue weighted by Gasteiger charge is -2.34. The molecule has 0 saturated carbocycles. The van der Waals surface area contributed by atoms with Crippen molar-refractivity contribution >= 4 is 72.9 Å². The number of thiophene rings is 1. The van der Waals surface area contributed by atoms with Gasteiger partial charge < -0.3 is 4.90 Å². The Kier molecular flexibility index (Phi) is 6.03. The number of aryl methyl sites for hydroxylation is 1. The maximum atomic E-state index is 13.0. The number of amides is 2. The predicted molar refractivity (Wildman–Crippen MR) is 117 cm³/mol. The monoisotopic (exact) mass is 469 g/mol. The number of fused-ring (bicyclic) bond motifs is 1. The summed E-state index contributed by atoms with van der Waals surface area (Å²) in [4.78, 5) is 29.5. The summed E-state index contributed by atoms with van der Waals surface area (Å²) in [5, 5.41) is 13.8. The number of rotatable bonds is 4. The molecule has 29 heavy (non-hydrogen) atoms. The van der Waals surface area contributed by atoms with Gasteiger partial charge in [0.25, 0.3) is 5.91 Å². The summed E-state index contributed by atoms with van der Waals surface area (Å²) >= 11 is 15.2. The minimum atomic E-state index is -0.134. The lowest BCUT2D eigenvalue weighted by Crippen LogP contribution is -2.50. The van der Waals surface area contributed by atoms with E-state index in [0.29, 0.717) is 46.2 Å². The highest BCUT2D eigenvalue weighted by atomic mass is 35.5. The Morgan fingerprint density at radius 3 is 2.59 bits per heavy atom. The van der Waals surface area contributed by atoms with Crippen LogP contribution in [0.2, 0.25) is 10.0 Å². The van der Waals surface area contributed by atoms with Crippen molar-refractivity contribution in [3.05, 3.63) is 38.1 Å². The minimum absolute atomic E-state index is 0.0826. The van der Waals surface area contributed by atoms with Crippen molar-refractivity contribution < 1.29 is 9.59 Å². The van der Waals surface area contributed by atoms with Crippen molar-refractivity contribution in [1.82, 2.24) is 20.0 Å². The van der Waals surface area contributed by atoms with Crippen LogP contribution in [0.25, 0.3) is 10.1 Å². The van der Waals surface area contributed by atoms with E-state index in [9.17, 15) is 9.59 Å². The van der Waals surface area contributed by atoms with Crippen LogP contribution in [0.15, 0.2) is 18.2 Å². The summed E-state index contributed by atoms with van der Waals surface area (Å²) in [6.07, 6.45) is 0. The molecule has 1 aromatic carbocycles. The van der Waals surface area contributed by atoms with Crippen molar-refractivity contribution in [3.63, 3.8) is 0 Å². The van der Waals surface area contributed by atoms with E-state index >= 15 is 0 Å². The van der Waals surface area contributed by atoms with Gasteiger partial charge in [0.15, 0.2) is 0 Å². The van der Waals surface area contributed by atoms with E-state index in [-0.39, 0.29) is 18.4 Å². The first-order valence-electron chi connectivity index (χ1n) is 8.90. The molecular weight excluding hydrogens is 453 g/mol. The third-order valence-electron chi connectivity index (χ3n) is 4.58. The fourth-order valence-corrected chi connectivity index (χ4v) is 5.50. The van der Waals surface area contributed by atoms with Crippen LogP contribution < -0.4 is 5.32 Å². The molecular formula is C18H17Cl2N5O2S2. The van der Waals surface area contributed by atoms with Crippen LogP contribution in [-0.4, -0.2) is 64.5 Å². The molecule has 1 aliphatic rings. The van der Waals surface area contributed by atoms with Gasteiger partial charge in [-0.1, -0.05) is 40.6 Å². The topological polar surface area (TPSA) is 78.4 Å². The Morgan fingerprint density at radius 1 is 1.14 bits per heavy atom. The molecule has 1 aliphatic heterocycles. The number of piperazine rings is 1. The molecule has 0 bridgehead atoms. The number of carbonyl (C=O) groups is 2. The van der Waals surface area contributed by atoms with E-state index in [1.54, 1.807) is 11.0 Å². The highest BCUT2D eigenvalue weighted by Crippen LogP contribution is 2.37. The zero-order valence-corrected chi connectivity index (χ0v) is 18.6. The number of anilines is 1. The van der Waals surface area contributed by atoms with Crippen LogP contribution in [0.1, 0.15) is 14.7 Å². The fraction of sp³-hybridized carbons (Fsp3) is 0.333. The van der Waals surface area contributed by atoms with Crippen LogP contribution in [-0.2, 0) is 4.79 Å². The first-order chi connectivity index (χ1) is 13.9. The van der Waals surface area contributed by atoms with Crippen LogP contribution in [0.4, 0.5) is 5.13 Å². The number of nitrogens with zero attached hydrogens (tertiary/aromatic N) is 4. The van der Waals surface area contributed by atoms with Crippen LogP contribution in [0.5, 0.6) is 0 Å². The molecule has 0 atom stereocenters. The predicted octanol–water partition coefficient (Wildman–Crippen LogP) is 3.76. The summed E-state index contributed by atoms with van der Waals surface area (Å²) in [6, 6.07) is 5.42. The minimum Gasteiger partial charge on any atom is -0.335 e. The van der Waals surface area contributed by atoms with Gasteiger partial charge in [0.2, 0.25) is 11.0 Å². The van der Waals surface area contributed by atoms with E-state index in [0.717, 1.165) is 15.1 Å². The number of aromatic nitrogens is 2. The molecule has 2 aromatic heterocycles. The van der Waals surface area contributed by atoms with Crippen molar-refractivity contribution in [2.75, 3.05) is 38.0 Å². The summed E-state index contributed by atoms with van der Waals surface area (Å²) in [7, 11) is 0. The lowest BCUT2D eigenvalue weighted by molar-refractivity contribution is -0.117. The van der Waals surface area contributed by atoms with Gasteiger partial charge in [-0.15, -0.1) is 21.5 Å². The molecule has 0 spiro atoms. The lowest BCUT2D eigenvalue weighted by atomic mass is 10.2. The van der Waals surface area contributed by atoms with Gasteiger partial charge in [0.05, 0.1) is 11.6 Å². The molecule has 0 aliphatic carbocycles. The standard InChI is InChI=1S/C18H17Cl2N5O2S2/c1-10-22-23-18(28-10)21-14(26)9-24-4-6-25(7-5-24)17(27)16-15(20)12-3-2-11(19)8-13(12)29-16/h2-3,8H,4-7,9H2,1H3,(H,21,23,26). The van der Waals surface area contributed by atoms with Gasteiger partial charge in [-0.05, 0) is 19.1 Å². The third kappa shape index (κ3) is 4.54. The quantitative estimate of drug-likeness (QED) is 0.628. The molecule has 3 aromatic rings. The second-order valence-electron chi connectivity index (χ2n) is 6.63. The van der Waals surface area contributed by atoms with Gasteiger partial charge in [-0.25, -0.2) is 0 Å². The second kappa shape index (κ2) is 8.53. The van der Waals surface area contributed by atoms with Crippen molar-refractivity contribution in [3.8, 4) is 0 Å². The Bertz CT molecular complexity index is 1080. The van der Waals surface area contributed by atoms with Crippen LogP contribution in [0, 0.1) is 6.92 Å². The number of hydrogen-bond acceptors (Lipinski definition) is 7. The molecule has 1 fully saturated rings. The Balaban J connectivity index is 1.35. The van der Waals surface area contributed by atoms with Gasteiger partial charge in [0, 0.05) is 41.3 Å². The summed E-state index contributed by atoms with van der Waals surface area (Å²) in [5.41, 5.74) is 0. The third-order valence-corrected chi connectivity index (χ3v) is 7.22. The normalized spacial score (nSPS) is 15.1. The average molecular weight is 470 g/mol. The van der Waals surface area contributed by atoms with Crippen molar-refractivity contribution in [1.29, 1.82) is 0 Å². The summed E-state index contributed by atoms with van der Waals surface area (Å²) in [5.74, 6) is -0.217. The first-order valence-corrected chi connectivity index (χ1v) is 11.3. The van der Waals surface area contributed by atoms with Crippen LogP contribution >= 0.6 is 45.9 Å². The molecule has 0 unspecified atom stereocenters. The number of nitrogens with one attached hydrogen (secondary N) is 1. The molecule has 3 heterocycles. The highest BCUT2D eigenvalue weighted by Gasteiger charge is 2.27. The SMILES string of the molecule is Cc1nnc(NC(=O)CN2CCN(C(=O)c3sc4cc(Cl)ccc4c3Cl)CC2)s1. The maximum absolute atomic E-state index is 13.0. The van der Waals surface area contributed by atoms with Gasteiger partial charge in [-0.2, -0.15) is 0 Å². The maximum Gasteiger partial charge on any atom is 0.265 e. The van der Waals surface area contributed by atoms with E-state index in [2.05, 4.69) is 15.5 Å². The van der Waals surface area contributed by atoms with E-state index in [1.807, 2.05) is 24.0 Å². The molecule has 2 amide bonds. The fourth-order valence-electron chi connectivity index (χ4n) is 3.14. The Hall–Kier alpha value is -1.78. The highest BCUT2D eigenvalue weighted by molar-refractivity contribution is 7.21. The zero-order valence-electron chi connectivity index (χ0n) is 15.4. The average Bonchev–Trinajstić information content (AvgIpc) is 3.24. The molecule has 1 saturated heterocycles. The summed E-state index contributed by atoms with van der Waals surface area (Å²) < 4.78 is 0.896. The molecule has 0 radical (unpaired) electrons.